The Kier molecular flexibility index (Phi) is 4.70. The van der Waals surface area contributed by atoms with Crippen LogP contribution in [0.15, 0.2) is 42.9 Å². The lowest BCUT2D eigenvalue weighted by atomic mass is 9.84. The fraction of sp³-hybridized carbons (Fsp3) is 0.450. The van der Waals surface area contributed by atoms with E-state index in [9.17, 15) is 4.79 Å². The van der Waals surface area contributed by atoms with E-state index in [-0.39, 0.29) is 17.6 Å². The molecule has 2 aliphatic heterocycles. The first kappa shape index (κ1) is 17.1. The van der Waals surface area contributed by atoms with Gasteiger partial charge >= 0.3 is 0 Å². The molecule has 0 aliphatic carbocycles. The van der Waals surface area contributed by atoms with Crippen molar-refractivity contribution in [1.82, 2.24) is 14.9 Å². The summed E-state index contributed by atoms with van der Waals surface area (Å²) in [7, 11) is 0. The molecule has 0 radical (unpaired) electrons. The summed E-state index contributed by atoms with van der Waals surface area (Å²) in [5.41, 5.74) is 2.41. The zero-order valence-corrected chi connectivity index (χ0v) is 14.9. The average Bonchev–Trinajstić information content (AvgIpc) is 2.65. The summed E-state index contributed by atoms with van der Waals surface area (Å²) in [5, 5.41) is 0. The summed E-state index contributed by atoms with van der Waals surface area (Å²) in [6, 6.07) is 7.63. The van der Waals surface area contributed by atoms with Crippen LogP contribution < -0.4 is 0 Å². The van der Waals surface area contributed by atoms with Crippen LogP contribution in [0.4, 0.5) is 0 Å². The highest BCUT2D eigenvalue weighted by Gasteiger charge is 2.49. The maximum atomic E-state index is 12.5. The second-order valence-corrected chi connectivity index (χ2v) is 7.16. The lowest BCUT2D eigenvalue weighted by molar-refractivity contribution is -0.188. The van der Waals surface area contributed by atoms with Gasteiger partial charge in [0.15, 0.2) is 0 Å². The third-order valence-electron chi connectivity index (χ3n) is 5.09. The Morgan fingerprint density at radius 1 is 1.31 bits per heavy atom. The van der Waals surface area contributed by atoms with Crippen LogP contribution in [0.5, 0.6) is 0 Å². The fourth-order valence-electron chi connectivity index (χ4n) is 3.61. The lowest BCUT2D eigenvalue weighted by Crippen LogP contribution is -2.67. The van der Waals surface area contributed by atoms with E-state index >= 15 is 0 Å². The molecule has 2 fully saturated rings. The van der Waals surface area contributed by atoms with Crippen molar-refractivity contribution in [3.8, 4) is 0 Å². The number of pyridine rings is 2. The quantitative estimate of drug-likeness (QED) is 0.844. The Balaban J connectivity index is 1.31. The number of aryl methyl sites for hydroxylation is 1. The van der Waals surface area contributed by atoms with Gasteiger partial charge < -0.3 is 14.4 Å². The van der Waals surface area contributed by atoms with E-state index in [1.807, 2.05) is 36.1 Å². The van der Waals surface area contributed by atoms with Gasteiger partial charge in [-0.2, -0.15) is 0 Å². The molecule has 0 saturated carbocycles. The Bertz CT molecular complexity index is 758. The number of nitrogens with zero attached hydrogens (tertiary/aromatic N) is 3. The van der Waals surface area contributed by atoms with E-state index in [1.165, 1.54) is 0 Å². The van der Waals surface area contributed by atoms with Crippen LogP contribution in [0.25, 0.3) is 0 Å². The van der Waals surface area contributed by atoms with Crippen molar-refractivity contribution in [2.24, 2.45) is 0 Å². The van der Waals surface area contributed by atoms with Gasteiger partial charge in [0.2, 0.25) is 0 Å². The molecule has 4 heterocycles. The molecule has 1 spiro atoms. The molecule has 4 rings (SSSR count). The first-order valence-corrected chi connectivity index (χ1v) is 9.00. The molecule has 0 bridgehead atoms. The Hall–Kier alpha value is -2.31. The maximum absolute atomic E-state index is 12.5. The third-order valence-corrected chi connectivity index (χ3v) is 5.09. The van der Waals surface area contributed by atoms with Gasteiger partial charge in [-0.25, -0.2) is 0 Å². The summed E-state index contributed by atoms with van der Waals surface area (Å²) < 4.78 is 12.1. The Labute approximate surface area is 153 Å². The van der Waals surface area contributed by atoms with Crippen LogP contribution in [0, 0.1) is 6.92 Å². The minimum atomic E-state index is -0.255. The molecule has 136 valence electrons. The van der Waals surface area contributed by atoms with E-state index < -0.39 is 0 Å². The van der Waals surface area contributed by atoms with Crippen LogP contribution in [-0.2, 0) is 16.1 Å². The molecule has 2 saturated heterocycles. The molecular formula is C20H23N3O3. The van der Waals surface area contributed by atoms with E-state index in [4.69, 9.17) is 9.47 Å². The molecular weight excluding hydrogens is 330 g/mol. The molecule has 0 N–H and O–H groups in total. The monoisotopic (exact) mass is 353 g/mol. The zero-order chi connectivity index (χ0) is 18.0. The minimum absolute atomic E-state index is 0.0200. The van der Waals surface area contributed by atoms with Crippen molar-refractivity contribution in [2.75, 3.05) is 19.7 Å². The van der Waals surface area contributed by atoms with Crippen molar-refractivity contribution < 1.29 is 14.3 Å². The van der Waals surface area contributed by atoms with Crippen molar-refractivity contribution in [3.63, 3.8) is 0 Å². The highest BCUT2D eigenvalue weighted by atomic mass is 16.5. The van der Waals surface area contributed by atoms with Crippen LogP contribution in [-0.4, -0.2) is 52.2 Å². The number of ether oxygens (including phenoxy) is 2. The van der Waals surface area contributed by atoms with Crippen molar-refractivity contribution in [3.05, 3.63) is 59.7 Å². The van der Waals surface area contributed by atoms with Gasteiger partial charge in [-0.3, -0.25) is 14.8 Å². The first-order chi connectivity index (χ1) is 12.6. The third kappa shape index (κ3) is 3.61. The number of aromatic nitrogens is 2. The molecule has 1 atom stereocenters. The van der Waals surface area contributed by atoms with E-state index in [1.54, 1.807) is 18.6 Å². The molecule has 2 aromatic heterocycles. The van der Waals surface area contributed by atoms with Gasteiger partial charge in [0.25, 0.3) is 5.91 Å². The zero-order valence-electron chi connectivity index (χ0n) is 14.9. The number of hydrogen-bond donors (Lipinski definition) is 0. The summed E-state index contributed by atoms with van der Waals surface area (Å²) >= 11 is 0. The minimum Gasteiger partial charge on any atom is -0.373 e. The molecule has 26 heavy (non-hydrogen) atoms. The average molecular weight is 353 g/mol. The number of carbonyl (C=O) groups is 1. The summed E-state index contributed by atoms with van der Waals surface area (Å²) in [5.74, 6) is 0.0200. The second-order valence-electron chi connectivity index (χ2n) is 7.16. The topological polar surface area (TPSA) is 64.6 Å². The van der Waals surface area contributed by atoms with Gasteiger partial charge in [-0.15, -0.1) is 0 Å². The van der Waals surface area contributed by atoms with Crippen molar-refractivity contribution in [2.45, 2.75) is 38.1 Å². The number of amides is 1. The second kappa shape index (κ2) is 7.13. The molecule has 2 aromatic rings. The normalized spacial score (nSPS) is 21.4. The summed E-state index contributed by atoms with van der Waals surface area (Å²) in [6.07, 6.45) is 7.08. The summed E-state index contributed by atoms with van der Waals surface area (Å²) in [6.45, 7) is 4.41. The molecule has 6 heteroatoms. The number of carbonyl (C=O) groups excluding carboxylic acids is 1. The number of likely N-dealkylation sites (tertiary alicyclic amines) is 1. The van der Waals surface area contributed by atoms with Gasteiger partial charge in [-0.1, -0.05) is 0 Å². The van der Waals surface area contributed by atoms with Crippen LogP contribution >= 0.6 is 0 Å². The largest absolute Gasteiger partial charge is 0.373 e. The van der Waals surface area contributed by atoms with Gasteiger partial charge in [0, 0.05) is 37.3 Å². The van der Waals surface area contributed by atoms with E-state index in [2.05, 4.69) is 9.97 Å². The molecule has 1 amide bonds. The van der Waals surface area contributed by atoms with Gasteiger partial charge in [0.1, 0.15) is 5.60 Å². The number of hydrogen-bond acceptors (Lipinski definition) is 5. The number of rotatable bonds is 4. The van der Waals surface area contributed by atoms with Crippen LogP contribution in [0.1, 0.15) is 34.5 Å². The molecule has 0 aromatic carbocycles. The summed E-state index contributed by atoms with van der Waals surface area (Å²) in [4.78, 5) is 22.6. The van der Waals surface area contributed by atoms with Crippen LogP contribution in [0.2, 0.25) is 0 Å². The standard InChI is InChI=1S/C20H23N3O3/c1-15-2-3-17(11-22-15)19(24)23-13-20(14-23)10-18(6-9-26-20)25-12-16-4-7-21-8-5-16/h2-5,7-8,11,18H,6,9-10,12-14H2,1H3. The predicted molar refractivity (Wildman–Crippen MR) is 95.6 cm³/mol. The molecule has 2 aliphatic rings. The first-order valence-electron chi connectivity index (χ1n) is 9.00. The highest BCUT2D eigenvalue weighted by molar-refractivity contribution is 5.94. The van der Waals surface area contributed by atoms with Gasteiger partial charge in [0.05, 0.1) is 31.4 Å². The predicted octanol–water partition coefficient (Wildman–Crippen LogP) is 2.38. The molecule has 1 unspecified atom stereocenters. The highest BCUT2D eigenvalue weighted by Crippen LogP contribution is 2.36. The maximum Gasteiger partial charge on any atom is 0.255 e. The lowest BCUT2D eigenvalue weighted by Gasteiger charge is -2.53. The smallest absolute Gasteiger partial charge is 0.255 e. The van der Waals surface area contributed by atoms with Crippen molar-refractivity contribution in [1.29, 1.82) is 0 Å². The van der Waals surface area contributed by atoms with Crippen molar-refractivity contribution >= 4 is 5.91 Å². The SMILES string of the molecule is Cc1ccc(C(=O)N2CC3(CC(OCc4ccncc4)CCO3)C2)cn1. The Morgan fingerprint density at radius 3 is 2.85 bits per heavy atom. The van der Waals surface area contributed by atoms with E-state index in [0.29, 0.717) is 31.9 Å². The molecule has 6 nitrogen and oxygen atoms in total. The Morgan fingerprint density at radius 2 is 2.12 bits per heavy atom. The van der Waals surface area contributed by atoms with Crippen LogP contribution in [0.3, 0.4) is 0 Å². The van der Waals surface area contributed by atoms with E-state index in [0.717, 1.165) is 24.1 Å². The fourth-order valence-corrected chi connectivity index (χ4v) is 3.61. The van der Waals surface area contributed by atoms with Gasteiger partial charge in [-0.05, 0) is 43.2 Å².